The molecule has 2 aliphatic heterocycles. The van der Waals surface area contributed by atoms with Crippen molar-refractivity contribution in [1.29, 1.82) is 0 Å². The van der Waals surface area contributed by atoms with Gasteiger partial charge in [-0.05, 0) is 31.4 Å². The maximum absolute atomic E-state index is 12.5. The summed E-state index contributed by atoms with van der Waals surface area (Å²) in [6.45, 7) is 3.02. The standard InChI is InChI=1S/C18H24N4O4/c1-2-3-11-26-22-14-9-10-15(21(12-14)18(22)25)17(24)20-19-16(23)13-7-5-4-6-8-13/h4-8,14-15H,2-3,9-12H2,1H3,(H,19,23)(H,20,24)/t14?,15-/m0/s1. The largest absolute Gasteiger partial charge is 0.345 e. The average molecular weight is 360 g/mol. The predicted octanol–water partition coefficient (Wildman–Crippen LogP) is 1.45. The van der Waals surface area contributed by atoms with E-state index >= 15 is 0 Å². The van der Waals surface area contributed by atoms with Crippen molar-refractivity contribution in [3.05, 3.63) is 35.9 Å². The van der Waals surface area contributed by atoms with Gasteiger partial charge in [0, 0.05) is 12.1 Å². The number of nitrogens with one attached hydrogen (secondary N) is 2. The normalized spacial score (nSPS) is 21.7. The van der Waals surface area contributed by atoms with E-state index in [0.29, 0.717) is 31.6 Å². The number of hydroxylamine groups is 2. The van der Waals surface area contributed by atoms with Crippen LogP contribution in [0.25, 0.3) is 0 Å². The Labute approximate surface area is 152 Å². The summed E-state index contributed by atoms with van der Waals surface area (Å²) in [7, 11) is 0. The first kappa shape index (κ1) is 18.2. The first-order valence-corrected chi connectivity index (χ1v) is 8.99. The van der Waals surface area contributed by atoms with Gasteiger partial charge in [-0.3, -0.25) is 25.3 Å². The Balaban J connectivity index is 1.54. The number of carbonyl (C=O) groups is 3. The van der Waals surface area contributed by atoms with Crippen LogP contribution in [-0.4, -0.2) is 53.0 Å². The van der Waals surface area contributed by atoms with Crippen LogP contribution in [0.5, 0.6) is 0 Å². The molecule has 1 unspecified atom stereocenters. The first-order chi connectivity index (χ1) is 12.6. The van der Waals surface area contributed by atoms with Crippen LogP contribution in [0.4, 0.5) is 4.79 Å². The molecule has 26 heavy (non-hydrogen) atoms. The zero-order chi connectivity index (χ0) is 18.5. The summed E-state index contributed by atoms with van der Waals surface area (Å²) in [5, 5.41) is 1.41. The van der Waals surface area contributed by atoms with Gasteiger partial charge in [0.1, 0.15) is 6.04 Å². The second-order valence-electron chi connectivity index (χ2n) is 6.50. The van der Waals surface area contributed by atoms with Crippen LogP contribution in [0.15, 0.2) is 30.3 Å². The molecule has 2 heterocycles. The van der Waals surface area contributed by atoms with Crippen LogP contribution in [0, 0.1) is 0 Å². The van der Waals surface area contributed by atoms with Gasteiger partial charge in [0.25, 0.3) is 11.8 Å². The maximum atomic E-state index is 12.5. The van der Waals surface area contributed by atoms with E-state index in [1.165, 1.54) is 9.96 Å². The fourth-order valence-corrected chi connectivity index (χ4v) is 3.24. The minimum atomic E-state index is -0.602. The van der Waals surface area contributed by atoms with Gasteiger partial charge in [-0.15, -0.1) is 0 Å². The number of carbonyl (C=O) groups excluding carboxylic acids is 3. The van der Waals surface area contributed by atoms with Gasteiger partial charge in [0.2, 0.25) is 0 Å². The van der Waals surface area contributed by atoms with Crippen molar-refractivity contribution >= 4 is 17.8 Å². The lowest BCUT2D eigenvalue weighted by Gasteiger charge is -2.29. The summed E-state index contributed by atoms with van der Waals surface area (Å²) in [4.78, 5) is 44.1. The van der Waals surface area contributed by atoms with Crippen molar-refractivity contribution in [2.75, 3.05) is 13.2 Å². The van der Waals surface area contributed by atoms with E-state index in [1.807, 2.05) is 0 Å². The van der Waals surface area contributed by atoms with Gasteiger partial charge >= 0.3 is 6.03 Å². The second-order valence-corrected chi connectivity index (χ2v) is 6.50. The number of benzene rings is 1. The topological polar surface area (TPSA) is 91.0 Å². The number of hydrogen-bond donors (Lipinski definition) is 2. The molecule has 8 heteroatoms. The summed E-state index contributed by atoms with van der Waals surface area (Å²) < 4.78 is 0. The molecule has 3 rings (SSSR count). The number of hydrogen-bond acceptors (Lipinski definition) is 4. The quantitative estimate of drug-likeness (QED) is 0.593. The molecule has 0 radical (unpaired) electrons. The number of amides is 4. The van der Waals surface area contributed by atoms with Crippen LogP contribution >= 0.6 is 0 Å². The molecule has 2 N–H and O–H groups in total. The van der Waals surface area contributed by atoms with Crippen LogP contribution in [0.1, 0.15) is 43.0 Å². The van der Waals surface area contributed by atoms with Gasteiger partial charge in [0.15, 0.2) is 0 Å². The van der Waals surface area contributed by atoms with Gasteiger partial charge in [-0.2, -0.15) is 5.06 Å². The molecule has 0 spiro atoms. The predicted molar refractivity (Wildman–Crippen MR) is 93.7 cm³/mol. The highest BCUT2D eigenvalue weighted by molar-refractivity contribution is 5.96. The smallest absolute Gasteiger partial charge is 0.309 e. The van der Waals surface area contributed by atoms with E-state index in [-0.39, 0.29) is 12.1 Å². The molecule has 8 nitrogen and oxygen atoms in total. The molecule has 4 amide bonds. The number of unbranched alkanes of at least 4 members (excludes halogenated alkanes) is 1. The monoisotopic (exact) mass is 360 g/mol. The second kappa shape index (κ2) is 8.18. The van der Waals surface area contributed by atoms with Crippen LogP contribution in [-0.2, 0) is 9.63 Å². The molecule has 2 fully saturated rings. The molecule has 1 aromatic rings. The van der Waals surface area contributed by atoms with Crippen LogP contribution in [0.3, 0.4) is 0 Å². The summed E-state index contributed by atoms with van der Waals surface area (Å²) in [5.41, 5.74) is 5.28. The highest BCUT2D eigenvalue weighted by Gasteiger charge is 2.47. The Morgan fingerprint density at radius 2 is 1.96 bits per heavy atom. The minimum Gasteiger partial charge on any atom is -0.309 e. The van der Waals surface area contributed by atoms with Crippen molar-refractivity contribution < 1.29 is 19.2 Å². The molecule has 1 aromatic carbocycles. The maximum Gasteiger partial charge on any atom is 0.345 e. The fraction of sp³-hybridized carbons (Fsp3) is 0.500. The van der Waals surface area contributed by atoms with Crippen molar-refractivity contribution in [3.8, 4) is 0 Å². The summed E-state index contributed by atoms with van der Waals surface area (Å²) in [6, 6.07) is 7.71. The SMILES string of the molecule is CCCCON1C(=O)N2CC1CC[C@H]2C(=O)NNC(=O)c1ccccc1. The Morgan fingerprint density at radius 1 is 1.19 bits per heavy atom. The Kier molecular flexibility index (Phi) is 5.72. The first-order valence-electron chi connectivity index (χ1n) is 8.99. The van der Waals surface area contributed by atoms with Gasteiger partial charge in [-0.25, -0.2) is 4.79 Å². The lowest BCUT2D eigenvalue weighted by molar-refractivity contribution is -0.131. The molecule has 0 aliphatic carbocycles. The molecule has 2 saturated heterocycles. The molecule has 2 bridgehead atoms. The summed E-state index contributed by atoms with van der Waals surface area (Å²) in [5.74, 6) is -0.790. The van der Waals surface area contributed by atoms with Crippen LogP contribution in [0.2, 0.25) is 0 Å². The molecule has 0 saturated carbocycles. The highest BCUT2D eigenvalue weighted by Crippen LogP contribution is 2.30. The van der Waals surface area contributed by atoms with E-state index < -0.39 is 17.9 Å². The van der Waals surface area contributed by atoms with E-state index in [0.717, 1.165) is 12.8 Å². The molecule has 2 atom stereocenters. The zero-order valence-corrected chi connectivity index (χ0v) is 14.8. The van der Waals surface area contributed by atoms with Gasteiger partial charge in [-0.1, -0.05) is 31.5 Å². The number of piperidine rings is 1. The summed E-state index contributed by atoms with van der Waals surface area (Å²) in [6.07, 6.45) is 3.10. The van der Waals surface area contributed by atoms with E-state index in [1.54, 1.807) is 30.3 Å². The number of nitrogens with zero attached hydrogens (tertiary/aromatic N) is 2. The fourth-order valence-electron chi connectivity index (χ4n) is 3.24. The summed E-state index contributed by atoms with van der Waals surface area (Å²) >= 11 is 0. The Morgan fingerprint density at radius 3 is 2.69 bits per heavy atom. The van der Waals surface area contributed by atoms with Crippen molar-refractivity contribution in [2.45, 2.75) is 44.7 Å². The number of urea groups is 1. The number of hydrazine groups is 1. The third kappa shape index (κ3) is 3.80. The number of rotatable bonds is 6. The lowest BCUT2D eigenvalue weighted by Crippen LogP contribution is -2.54. The van der Waals surface area contributed by atoms with Crippen molar-refractivity contribution in [3.63, 3.8) is 0 Å². The van der Waals surface area contributed by atoms with E-state index in [9.17, 15) is 14.4 Å². The molecule has 140 valence electrons. The third-order valence-corrected chi connectivity index (χ3v) is 4.69. The average Bonchev–Trinajstić information content (AvgIpc) is 2.91. The third-order valence-electron chi connectivity index (χ3n) is 4.69. The van der Waals surface area contributed by atoms with Gasteiger partial charge in [0.05, 0.1) is 12.6 Å². The molecule has 2 aliphatic rings. The zero-order valence-electron chi connectivity index (χ0n) is 14.8. The number of fused-ring (bicyclic) bond motifs is 2. The Bertz CT molecular complexity index is 666. The van der Waals surface area contributed by atoms with Crippen molar-refractivity contribution in [1.82, 2.24) is 20.8 Å². The van der Waals surface area contributed by atoms with E-state index in [2.05, 4.69) is 17.8 Å². The molecule has 0 aromatic heterocycles. The van der Waals surface area contributed by atoms with E-state index in [4.69, 9.17) is 4.84 Å². The van der Waals surface area contributed by atoms with Crippen molar-refractivity contribution in [2.24, 2.45) is 0 Å². The lowest BCUT2D eigenvalue weighted by atomic mass is 10.0. The molecular weight excluding hydrogens is 336 g/mol. The highest BCUT2D eigenvalue weighted by atomic mass is 16.7. The minimum absolute atomic E-state index is 0.0117. The van der Waals surface area contributed by atoms with Crippen LogP contribution < -0.4 is 10.9 Å². The molecular formula is C18H24N4O4. The Hall–Kier alpha value is -2.61. The van der Waals surface area contributed by atoms with Gasteiger partial charge < -0.3 is 4.90 Å².